The van der Waals surface area contributed by atoms with Crippen LogP contribution in [0.5, 0.6) is 0 Å². The summed E-state index contributed by atoms with van der Waals surface area (Å²) in [6.07, 6.45) is 2.14. The summed E-state index contributed by atoms with van der Waals surface area (Å²) < 4.78 is 16.4. The number of hydrogen-bond acceptors (Lipinski definition) is 4. The van der Waals surface area contributed by atoms with Crippen molar-refractivity contribution in [1.82, 2.24) is 0 Å². The first-order chi connectivity index (χ1) is 7.45. The molecule has 94 valence electrons. The Morgan fingerprint density at radius 3 is 2.50 bits per heavy atom. The Morgan fingerprint density at radius 1 is 1.44 bits per heavy atom. The summed E-state index contributed by atoms with van der Waals surface area (Å²) in [5.41, 5.74) is 0. The van der Waals surface area contributed by atoms with Crippen LogP contribution in [0.25, 0.3) is 0 Å². The van der Waals surface area contributed by atoms with Crippen molar-refractivity contribution in [3.05, 3.63) is 12.7 Å². The van der Waals surface area contributed by atoms with E-state index in [1.54, 1.807) is 0 Å². The smallest absolute Gasteiger partial charge is 0.334 e. The Morgan fingerprint density at radius 2 is 2.06 bits per heavy atom. The molecular weight excluding hydrogens is 224 g/mol. The van der Waals surface area contributed by atoms with Gasteiger partial charge in [-0.2, -0.15) is 0 Å². The van der Waals surface area contributed by atoms with E-state index in [1.807, 2.05) is 26.9 Å². The van der Waals surface area contributed by atoms with E-state index in [2.05, 4.69) is 6.58 Å². The SMILES string of the molecule is C=CC(=O)OC(CC)O[Si](C)(C)OCCC. The molecule has 0 aliphatic heterocycles. The standard InChI is InChI=1S/C11H22O4Si/c1-6-9-13-16(4,5)15-11(8-3)14-10(12)7-2/h7,11H,2,6,8-9H2,1,3-5H3. The lowest BCUT2D eigenvalue weighted by atomic mass is 10.5. The second-order valence-corrected chi connectivity index (χ2v) is 7.17. The molecule has 0 spiro atoms. The van der Waals surface area contributed by atoms with Crippen LogP contribution in [-0.4, -0.2) is 27.4 Å². The Hall–Kier alpha value is -0.653. The summed E-state index contributed by atoms with van der Waals surface area (Å²) in [6.45, 7) is 11.8. The highest BCUT2D eigenvalue weighted by Gasteiger charge is 2.29. The molecule has 5 heteroatoms. The topological polar surface area (TPSA) is 44.8 Å². The molecule has 0 fully saturated rings. The first-order valence-electron chi connectivity index (χ1n) is 5.60. The third-order valence-electron chi connectivity index (χ3n) is 1.82. The average molecular weight is 246 g/mol. The predicted octanol–water partition coefficient (Wildman–Crippen LogP) is 2.60. The molecule has 0 rings (SSSR count). The molecule has 0 bridgehead atoms. The number of hydrogen-bond donors (Lipinski definition) is 0. The van der Waals surface area contributed by atoms with Crippen LogP contribution in [-0.2, 0) is 18.4 Å². The van der Waals surface area contributed by atoms with Crippen LogP contribution >= 0.6 is 0 Å². The average Bonchev–Trinajstić information content (AvgIpc) is 2.25. The largest absolute Gasteiger partial charge is 0.434 e. The number of esters is 1. The lowest BCUT2D eigenvalue weighted by molar-refractivity contribution is -0.160. The molecule has 16 heavy (non-hydrogen) atoms. The van der Waals surface area contributed by atoms with Gasteiger partial charge in [-0.15, -0.1) is 0 Å². The number of rotatable bonds is 8. The number of carbonyl (C=O) groups excluding carboxylic acids is 1. The first-order valence-corrected chi connectivity index (χ1v) is 8.41. The van der Waals surface area contributed by atoms with Crippen molar-refractivity contribution in [2.75, 3.05) is 6.61 Å². The molecule has 0 saturated heterocycles. The van der Waals surface area contributed by atoms with Gasteiger partial charge in [-0.05, 0) is 19.5 Å². The highest BCUT2D eigenvalue weighted by molar-refractivity contribution is 6.64. The molecule has 0 aromatic heterocycles. The summed E-state index contributed by atoms with van der Waals surface area (Å²) >= 11 is 0. The van der Waals surface area contributed by atoms with Gasteiger partial charge in [-0.1, -0.05) is 20.4 Å². The predicted molar refractivity (Wildman–Crippen MR) is 65.2 cm³/mol. The minimum Gasteiger partial charge on any atom is -0.434 e. The molecule has 0 aromatic rings. The van der Waals surface area contributed by atoms with Crippen molar-refractivity contribution < 1.29 is 18.4 Å². The third kappa shape index (κ3) is 6.76. The van der Waals surface area contributed by atoms with E-state index in [0.29, 0.717) is 13.0 Å². The summed E-state index contributed by atoms with van der Waals surface area (Å²) in [7, 11) is -2.20. The van der Waals surface area contributed by atoms with Crippen molar-refractivity contribution in [1.29, 1.82) is 0 Å². The summed E-state index contributed by atoms with van der Waals surface area (Å²) in [5, 5.41) is 0. The second kappa shape index (κ2) is 7.59. The van der Waals surface area contributed by atoms with Gasteiger partial charge in [-0.3, -0.25) is 0 Å². The minimum atomic E-state index is -2.20. The van der Waals surface area contributed by atoms with E-state index >= 15 is 0 Å². The maximum Gasteiger partial charge on any atom is 0.334 e. The quantitative estimate of drug-likeness (QED) is 0.286. The van der Waals surface area contributed by atoms with E-state index in [-0.39, 0.29) is 0 Å². The highest BCUT2D eigenvalue weighted by Crippen LogP contribution is 2.13. The van der Waals surface area contributed by atoms with Gasteiger partial charge in [0.15, 0.2) is 6.29 Å². The van der Waals surface area contributed by atoms with Crippen LogP contribution in [0.15, 0.2) is 12.7 Å². The van der Waals surface area contributed by atoms with E-state index in [4.69, 9.17) is 13.6 Å². The van der Waals surface area contributed by atoms with Gasteiger partial charge < -0.3 is 13.6 Å². The van der Waals surface area contributed by atoms with E-state index < -0.39 is 20.8 Å². The molecule has 0 aromatic carbocycles. The van der Waals surface area contributed by atoms with Crippen LogP contribution in [0.2, 0.25) is 13.1 Å². The molecule has 0 amide bonds. The molecule has 0 aliphatic carbocycles. The zero-order valence-corrected chi connectivity index (χ0v) is 11.6. The normalized spacial score (nSPS) is 13.2. The number of ether oxygens (including phenoxy) is 1. The molecule has 4 nitrogen and oxygen atoms in total. The lowest BCUT2D eigenvalue weighted by Gasteiger charge is -2.27. The van der Waals surface area contributed by atoms with Crippen LogP contribution in [0.3, 0.4) is 0 Å². The Kier molecular flexibility index (Phi) is 7.28. The van der Waals surface area contributed by atoms with E-state index in [9.17, 15) is 4.79 Å². The Labute approximate surface area is 98.8 Å². The molecule has 1 atom stereocenters. The van der Waals surface area contributed by atoms with Crippen LogP contribution in [0.4, 0.5) is 0 Å². The molecule has 0 aliphatic rings. The molecule has 0 heterocycles. The van der Waals surface area contributed by atoms with Gasteiger partial charge in [0.05, 0.1) is 0 Å². The van der Waals surface area contributed by atoms with Gasteiger partial charge in [0.2, 0.25) is 0 Å². The van der Waals surface area contributed by atoms with Gasteiger partial charge in [0, 0.05) is 19.1 Å². The monoisotopic (exact) mass is 246 g/mol. The highest BCUT2D eigenvalue weighted by atomic mass is 28.4. The maximum atomic E-state index is 11.0. The van der Waals surface area contributed by atoms with Crippen LogP contribution < -0.4 is 0 Å². The second-order valence-electron chi connectivity index (χ2n) is 3.84. The van der Waals surface area contributed by atoms with E-state index in [1.165, 1.54) is 0 Å². The van der Waals surface area contributed by atoms with Gasteiger partial charge in [0.25, 0.3) is 0 Å². The van der Waals surface area contributed by atoms with Gasteiger partial charge in [0.1, 0.15) is 0 Å². The van der Waals surface area contributed by atoms with Crippen molar-refractivity contribution >= 4 is 14.5 Å². The minimum absolute atomic E-state index is 0.466. The van der Waals surface area contributed by atoms with Gasteiger partial charge >= 0.3 is 14.5 Å². The third-order valence-corrected chi connectivity index (χ3v) is 3.55. The van der Waals surface area contributed by atoms with Crippen molar-refractivity contribution in [3.8, 4) is 0 Å². The van der Waals surface area contributed by atoms with Gasteiger partial charge in [-0.25, -0.2) is 4.79 Å². The summed E-state index contributed by atoms with van der Waals surface area (Å²) in [4.78, 5) is 11.0. The zero-order valence-electron chi connectivity index (χ0n) is 10.6. The summed E-state index contributed by atoms with van der Waals surface area (Å²) in [5.74, 6) is -0.466. The first kappa shape index (κ1) is 15.3. The zero-order chi connectivity index (χ0) is 12.6. The fourth-order valence-electron chi connectivity index (χ4n) is 1.07. The van der Waals surface area contributed by atoms with E-state index in [0.717, 1.165) is 12.5 Å². The molecule has 0 N–H and O–H groups in total. The molecular formula is C11H22O4Si. The molecule has 1 unspecified atom stereocenters. The molecule has 0 saturated carbocycles. The van der Waals surface area contributed by atoms with Crippen molar-refractivity contribution in [2.45, 2.75) is 46.1 Å². The fraction of sp³-hybridized carbons (Fsp3) is 0.727. The molecule has 0 radical (unpaired) electrons. The Bertz CT molecular complexity index is 228. The maximum absolute atomic E-state index is 11.0. The van der Waals surface area contributed by atoms with Crippen molar-refractivity contribution in [2.24, 2.45) is 0 Å². The van der Waals surface area contributed by atoms with Crippen LogP contribution in [0.1, 0.15) is 26.7 Å². The lowest BCUT2D eigenvalue weighted by Crippen LogP contribution is -2.40. The summed E-state index contributed by atoms with van der Waals surface area (Å²) in [6, 6.07) is 0. The van der Waals surface area contributed by atoms with Crippen LogP contribution in [0, 0.1) is 0 Å². The fourth-order valence-corrected chi connectivity index (χ4v) is 2.68. The number of carbonyl (C=O) groups is 1. The van der Waals surface area contributed by atoms with Crippen molar-refractivity contribution in [3.63, 3.8) is 0 Å². The Balaban J connectivity index is 4.18.